The summed E-state index contributed by atoms with van der Waals surface area (Å²) in [6.07, 6.45) is 0. The number of furan rings is 1. The minimum atomic E-state index is -3.66. The van der Waals surface area contributed by atoms with Crippen LogP contribution < -0.4 is 10.5 Å². The van der Waals surface area contributed by atoms with Gasteiger partial charge >= 0.3 is 5.88 Å². The molecule has 10 heteroatoms. The first kappa shape index (κ1) is 13.1. The molecule has 1 heterocycles. The third-order valence-corrected chi connectivity index (χ3v) is 2.44. The second-order valence-corrected chi connectivity index (χ2v) is 4.75. The van der Waals surface area contributed by atoms with Gasteiger partial charge in [0.25, 0.3) is 5.91 Å². The number of hydrogen-bond donors (Lipinski definition) is 2. The summed E-state index contributed by atoms with van der Waals surface area (Å²) < 4.78 is 25.7. The summed E-state index contributed by atoms with van der Waals surface area (Å²) in [4.78, 5) is 20.8. The molecule has 0 aliphatic heterocycles. The van der Waals surface area contributed by atoms with Gasteiger partial charge in [-0.25, -0.2) is 13.6 Å². The average Bonchev–Trinajstić information content (AvgIpc) is 2.63. The summed E-state index contributed by atoms with van der Waals surface area (Å²) in [6, 6.07) is 2.14. The predicted molar refractivity (Wildman–Crippen MR) is 55.7 cm³/mol. The maximum atomic E-state index is 11.3. The van der Waals surface area contributed by atoms with Crippen LogP contribution in [0.1, 0.15) is 10.6 Å². The molecule has 0 saturated carbocycles. The highest BCUT2D eigenvalue weighted by Crippen LogP contribution is 2.15. The summed E-state index contributed by atoms with van der Waals surface area (Å²) in [6.45, 7) is -0.202. The fourth-order valence-electron chi connectivity index (χ4n) is 0.942. The molecule has 9 nitrogen and oxygen atoms in total. The zero-order valence-corrected chi connectivity index (χ0v) is 9.27. The van der Waals surface area contributed by atoms with E-state index >= 15 is 0 Å². The molecule has 0 aliphatic rings. The molecular weight excluding hydrogens is 254 g/mol. The van der Waals surface area contributed by atoms with Gasteiger partial charge in [0.15, 0.2) is 5.76 Å². The molecule has 0 unspecified atom stereocenters. The Hall–Kier alpha value is -1.94. The molecule has 1 aromatic rings. The van der Waals surface area contributed by atoms with Crippen molar-refractivity contribution in [1.29, 1.82) is 0 Å². The minimum absolute atomic E-state index is 0.202. The number of primary sulfonamides is 1. The van der Waals surface area contributed by atoms with Crippen molar-refractivity contribution < 1.29 is 22.6 Å². The number of carbonyl (C=O) groups excluding carboxylic acids is 1. The van der Waals surface area contributed by atoms with Crippen molar-refractivity contribution >= 4 is 21.8 Å². The van der Waals surface area contributed by atoms with Crippen molar-refractivity contribution in [2.45, 2.75) is 0 Å². The Morgan fingerprint density at radius 1 is 1.53 bits per heavy atom. The van der Waals surface area contributed by atoms with Crippen LogP contribution in [0.2, 0.25) is 0 Å². The van der Waals surface area contributed by atoms with Crippen LogP contribution in [0.5, 0.6) is 0 Å². The number of nitrogens with one attached hydrogen (secondary N) is 1. The Balaban J connectivity index is 2.55. The smallest absolute Gasteiger partial charge is 0.395 e. The normalized spacial score (nSPS) is 11.1. The third-order valence-electron chi connectivity index (χ3n) is 1.67. The quantitative estimate of drug-likeness (QED) is 0.525. The number of hydrogen-bond acceptors (Lipinski definition) is 6. The number of amides is 1. The number of nitrogens with zero attached hydrogens (tertiary/aromatic N) is 1. The van der Waals surface area contributed by atoms with E-state index in [1.807, 2.05) is 0 Å². The van der Waals surface area contributed by atoms with Crippen LogP contribution in [0.4, 0.5) is 5.88 Å². The van der Waals surface area contributed by atoms with Gasteiger partial charge in [-0.05, 0) is 6.07 Å². The van der Waals surface area contributed by atoms with E-state index in [9.17, 15) is 23.3 Å². The van der Waals surface area contributed by atoms with Crippen molar-refractivity contribution in [3.63, 3.8) is 0 Å². The summed E-state index contributed by atoms with van der Waals surface area (Å²) >= 11 is 0. The van der Waals surface area contributed by atoms with Crippen LogP contribution in [-0.2, 0) is 10.0 Å². The number of sulfonamides is 1. The van der Waals surface area contributed by atoms with Crippen molar-refractivity contribution in [2.24, 2.45) is 5.14 Å². The summed E-state index contributed by atoms with van der Waals surface area (Å²) in [5.41, 5.74) is 0. The molecule has 1 amide bonds. The lowest BCUT2D eigenvalue weighted by Gasteiger charge is -2.00. The van der Waals surface area contributed by atoms with E-state index in [-0.39, 0.29) is 12.3 Å². The van der Waals surface area contributed by atoms with Crippen molar-refractivity contribution in [3.8, 4) is 0 Å². The fourth-order valence-corrected chi connectivity index (χ4v) is 1.33. The lowest BCUT2D eigenvalue weighted by atomic mass is 10.4. The highest BCUT2D eigenvalue weighted by molar-refractivity contribution is 7.89. The summed E-state index contributed by atoms with van der Waals surface area (Å²) in [5, 5.41) is 17.2. The van der Waals surface area contributed by atoms with Gasteiger partial charge in [-0.2, -0.15) is 0 Å². The third kappa shape index (κ3) is 4.20. The molecule has 17 heavy (non-hydrogen) atoms. The molecule has 3 N–H and O–H groups in total. The topological polar surface area (TPSA) is 146 Å². The zero-order valence-electron chi connectivity index (χ0n) is 8.45. The summed E-state index contributed by atoms with van der Waals surface area (Å²) in [7, 11) is -3.66. The molecular formula is C7H9N3O6S. The van der Waals surface area contributed by atoms with Crippen LogP contribution in [0.25, 0.3) is 0 Å². The van der Waals surface area contributed by atoms with Crippen molar-refractivity contribution in [2.75, 3.05) is 12.3 Å². The standard InChI is InChI=1S/C7H9N3O6S/c8-17(14,15)4-3-9-7(11)5-1-2-6(16-5)10(12)13/h1-2H,3-4H2,(H,9,11)(H2,8,14,15). The van der Waals surface area contributed by atoms with Gasteiger partial charge in [0.2, 0.25) is 10.0 Å². The van der Waals surface area contributed by atoms with E-state index in [1.54, 1.807) is 0 Å². The van der Waals surface area contributed by atoms with Crippen LogP contribution in [-0.4, -0.2) is 31.5 Å². The number of nitro groups is 1. The number of rotatable bonds is 5. The Labute approximate surface area is 95.8 Å². The van der Waals surface area contributed by atoms with Crippen LogP contribution in [0.3, 0.4) is 0 Å². The van der Waals surface area contributed by atoms with E-state index < -0.39 is 32.5 Å². The zero-order chi connectivity index (χ0) is 13.1. The molecule has 0 aromatic carbocycles. The van der Waals surface area contributed by atoms with E-state index in [0.29, 0.717) is 0 Å². The first-order valence-corrected chi connectivity index (χ1v) is 6.04. The van der Waals surface area contributed by atoms with Gasteiger partial charge < -0.3 is 9.73 Å². The minimum Gasteiger partial charge on any atom is -0.395 e. The molecule has 0 bridgehead atoms. The van der Waals surface area contributed by atoms with Crippen molar-refractivity contribution in [3.05, 3.63) is 28.0 Å². The first-order valence-electron chi connectivity index (χ1n) is 4.32. The Kier molecular flexibility index (Phi) is 3.81. The average molecular weight is 263 g/mol. The molecule has 0 spiro atoms. The lowest BCUT2D eigenvalue weighted by Crippen LogP contribution is -2.31. The molecule has 0 saturated heterocycles. The molecule has 1 aromatic heterocycles. The maximum absolute atomic E-state index is 11.3. The predicted octanol–water partition coefficient (Wildman–Crippen LogP) is -0.794. The Bertz CT molecular complexity index is 534. The number of carbonyl (C=O) groups is 1. The van der Waals surface area contributed by atoms with Gasteiger partial charge in [-0.1, -0.05) is 0 Å². The van der Waals surface area contributed by atoms with E-state index in [1.165, 1.54) is 0 Å². The molecule has 1 rings (SSSR count). The molecule has 0 fully saturated rings. The highest BCUT2D eigenvalue weighted by atomic mass is 32.2. The maximum Gasteiger partial charge on any atom is 0.433 e. The fraction of sp³-hybridized carbons (Fsp3) is 0.286. The molecule has 0 atom stereocenters. The monoisotopic (exact) mass is 263 g/mol. The second-order valence-electron chi connectivity index (χ2n) is 3.02. The first-order chi connectivity index (χ1) is 7.79. The van der Waals surface area contributed by atoms with Gasteiger partial charge in [-0.15, -0.1) is 0 Å². The Morgan fingerprint density at radius 3 is 2.65 bits per heavy atom. The van der Waals surface area contributed by atoms with Gasteiger partial charge in [0.1, 0.15) is 4.92 Å². The molecule has 0 aliphatic carbocycles. The summed E-state index contributed by atoms with van der Waals surface area (Å²) in [5.74, 6) is -2.02. The Morgan fingerprint density at radius 2 is 2.18 bits per heavy atom. The largest absolute Gasteiger partial charge is 0.433 e. The van der Waals surface area contributed by atoms with E-state index in [2.05, 4.69) is 9.73 Å². The van der Waals surface area contributed by atoms with Gasteiger partial charge in [0, 0.05) is 6.54 Å². The highest BCUT2D eigenvalue weighted by Gasteiger charge is 2.17. The van der Waals surface area contributed by atoms with E-state index in [4.69, 9.17) is 5.14 Å². The van der Waals surface area contributed by atoms with Gasteiger partial charge in [-0.3, -0.25) is 14.9 Å². The van der Waals surface area contributed by atoms with Crippen molar-refractivity contribution in [1.82, 2.24) is 5.32 Å². The van der Waals surface area contributed by atoms with Crippen LogP contribution >= 0.6 is 0 Å². The number of nitrogens with two attached hydrogens (primary N) is 1. The molecule has 94 valence electrons. The SMILES string of the molecule is NS(=O)(=O)CCNC(=O)c1ccc([N+](=O)[O-])o1. The lowest BCUT2D eigenvalue weighted by molar-refractivity contribution is -0.402. The van der Waals surface area contributed by atoms with Crippen LogP contribution in [0, 0.1) is 10.1 Å². The molecule has 0 radical (unpaired) electrons. The van der Waals surface area contributed by atoms with Gasteiger partial charge in [0.05, 0.1) is 11.8 Å². The second kappa shape index (κ2) is 4.93. The van der Waals surface area contributed by atoms with Crippen LogP contribution in [0.15, 0.2) is 16.5 Å². The van der Waals surface area contributed by atoms with E-state index in [0.717, 1.165) is 12.1 Å².